The number of aryl methyl sites for hydroxylation is 2. The van der Waals surface area contributed by atoms with Crippen LogP contribution in [0, 0.1) is 6.92 Å². The number of aromatic nitrogens is 2. The first-order chi connectivity index (χ1) is 17.5. The number of hydrogen-bond acceptors (Lipinski definition) is 6. The maximum Gasteiger partial charge on any atom is 0.274 e. The minimum Gasteiger partial charge on any atom is -0.454 e. The Bertz CT molecular complexity index is 1510. The summed E-state index contributed by atoms with van der Waals surface area (Å²) in [7, 11) is 1.88. The highest BCUT2D eigenvalue weighted by molar-refractivity contribution is 7.16. The smallest absolute Gasteiger partial charge is 0.274 e. The molecule has 0 radical (unpaired) electrons. The summed E-state index contributed by atoms with van der Waals surface area (Å²) < 4.78 is 12.6. The van der Waals surface area contributed by atoms with Gasteiger partial charge < -0.3 is 24.3 Å². The van der Waals surface area contributed by atoms with Gasteiger partial charge in [-0.1, -0.05) is 12.1 Å². The molecule has 1 N–H and O–H groups in total. The van der Waals surface area contributed by atoms with Crippen molar-refractivity contribution < 1.29 is 19.1 Å². The fourth-order valence-electron chi connectivity index (χ4n) is 4.70. The zero-order valence-electron chi connectivity index (χ0n) is 19.9. The van der Waals surface area contributed by atoms with Crippen molar-refractivity contribution in [2.45, 2.75) is 19.8 Å². The Labute approximate surface area is 212 Å². The first-order valence-electron chi connectivity index (χ1n) is 11.7. The third-order valence-electron chi connectivity index (χ3n) is 6.50. The first kappa shape index (κ1) is 22.4. The molecule has 0 saturated carbocycles. The number of carbonyl (C=O) groups excluding carboxylic acids is 2. The summed E-state index contributed by atoms with van der Waals surface area (Å²) in [5.41, 5.74) is 5.40. The van der Waals surface area contributed by atoms with E-state index in [2.05, 4.69) is 11.4 Å². The van der Waals surface area contributed by atoms with Gasteiger partial charge in [0.05, 0.1) is 12.1 Å². The fraction of sp³-hybridized carbons (Fsp3) is 0.222. The third kappa shape index (κ3) is 4.01. The monoisotopic (exact) mass is 500 g/mol. The fourth-order valence-corrected chi connectivity index (χ4v) is 5.55. The summed E-state index contributed by atoms with van der Waals surface area (Å²) in [6.07, 6.45) is 2.89. The van der Waals surface area contributed by atoms with Crippen LogP contribution in [0.3, 0.4) is 0 Å². The van der Waals surface area contributed by atoms with Crippen LogP contribution in [0.2, 0.25) is 0 Å². The molecule has 9 heteroatoms. The maximum absolute atomic E-state index is 13.0. The highest BCUT2D eigenvalue weighted by Gasteiger charge is 2.27. The van der Waals surface area contributed by atoms with E-state index in [9.17, 15) is 9.59 Å². The van der Waals surface area contributed by atoms with Crippen molar-refractivity contribution in [1.29, 1.82) is 0 Å². The SMILES string of the molecule is Cc1sc(NC(=O)Cc2ccc3c(c2)OCO3)nc1-c1ccc2c(c1)CCN2C(=O)c1cccn1C. The average molecular weight is 501 g/mol. The lowest BCUT2D eigenvalue weighted by molar-refractivity contribution is -0.115. The Morgan fingerprint density at radius 1 is 1.11 bits per heavy atom. The van der Waals surface area contributed by atoms with E-state index in [1.807, 2.05) is 72.1 Å². The van der Waals surface area contributed by atoms with Crippen LogP contribution in [0.5, 0.6) is 11.5 Å². The molecule has 0 saturated heterocycles. The summed E-state index contributed by atoms with van der Waals surface area (Å²) in [6.45, 7) is 2.86. The molecule has 36 heavy (non-hydrogen) atoms. The van der Waals surface area contributed by atoms with Gasteiger partial charge in [0.25, 0.3) is 5.91 Å². The minimum atomic E-state index is -0.141. The van der Waals surface area contributed by atoms with Crippen LogP contribution in [-0.4, -0.2) is 34.7 Å². The number of amides is 2. The van der Waals surface area contributed by atoms with Crippen LogP contribution < -0.4 is 19.7 Å². The number of nitrogens with one attached hydrogen (secondary N) is 1. The van der Waals surface area contributed by atoms with Gasteiger partial charge in [0.2, 0.25) is 12.7 Å². The molecule has 2 aliphatic heterocycles. The lowest BCUT2D eigenvalue weighted by Crippen LogP contribution is -2.30. The second-order valence-corrected chi connectivity index (χ2v) is 10.1. The van der Waals surface area contributed by atoms with Crippen molar-refractivity contribution in [1.82, 2.24) is 9.55 Å². The van der Waals surface area contributed by atoms with Crippen LogP contribution in [-0.2, 0) is 24.7 Å². The highest BCUT2D eigenvalue weighted by Crippen LogP contribution is 2.37. The van der Waals surface area contributed by atoms with Gasteiger partial charge in [0, 0.05) is 35.9 Å². The quantitative estimate of drug-likeness (QED) is 0.434. The van der Waals surface area contributed by atoms with E-state index >= 15 is 0 Å². The molecule has 0 aliphatic carbocycles. The molecule has 6 rings (SSSR count). The normalized spacial score (nSPS) is 13.7. The van der Waals surface area contributed by atoms with E-state index in [-0.39, 0.29) is 25.0 Å². The Kier molecular flexibility index (Phi) is 5.49. The molecule has 8 nitrogen and oxygen atoms in total. The second kappa shape index (κ2) is 8.83. The molecular weight excluding hydrogens is 476 g/mol. The zero-order valence-corrected chi connectivity index (χ0v) is 20.7. The highest BCUT2D eigenvalue weighted by atomic mass is 32.1. The van der Waals surface area contributed by atoms with E-state index in [0.29, 0.717) is 28.9 Å². The van der Waals surface area contributed by atoms with E-state index < -0.39 is 0 Å². The second-order valence-electron chi connectivity index (χ2n) is 8.89. The average Bonchev–Trinajstić information content (AvgIpc) is 3.64. The number of rotatable bonds is 5. The lowest BCUT2D eigenvalue weighted by Gasteiger charge is -2.18. The summed E-state index contributed by atoms with van der Waals surface area (Å²) in [5.74, 6) is 1.22. The van der Waals surface area contributed by atoms with E-state index in [1.54, 1.807) is 0 Å². The predicted octanol–water partition coefficient (Wildman–Crippen LogP) is 4.57. The number of carbonyl (C=O) groups is 2. The zero-order chi connectivity index (χ0) is 24.8. The molecular formula is C27H24N4O4S. The van der Waals surface area contributed by atoms with Crippen LogP contribution in [0.1, 0.15) is 26.5 Å². The summed E-state index contributed by atoms with van der Waals surface area (Å²) in [6, 6.07) is 15.3. The first-order valence-corrected chi connectivity index (χ1v) is 12.5. The standard InChI is InChI=1S/C27H24N4O4S/c1-16-25(29-27(36-16)28-24(32)13-17-5-8-22-23(12-17)35-15-34-22)19-6-7-20-18(14-19)9-11-31(20)26(33)21-4-3-10-30(21)2/h3-8,10,12,14H,9,11,13,15H2,1-2H3,(H,28,29,32). The van der Waals surface area contributed by atoms with Crippen LogP contribution in [0.4, 0.5) is 10.8 Å². The molecule has 182 valence electrons. The van der Waals surface area contributed by atoms with Crippen molar-refractivity contribution >= 4 is 34.0 Å². The van der Waals surface area contributed by atoms with Crippen LogP contribution >= 0.6 is 11.3 Å². The minimum absolute atomic E-state index is 0.00583. The molecule has 0 bridgehead atoms. The van der Waals surface area contributed by atoms with Gasteiger partial charge >= 0.3 is 0 Å². The molecule has 0 fully saturated rings. The molecule has 2 aliphatic rings. The van der Waals surface area contributed by atoms with Gasteiger partial charge in [0.1, 0.15) is 5.69 Å². The van der Waals surface area contributed by atoms with Crippen molar-refractivity contribution in [3.8, 4) is 22.8 Å². The molecule has 0 unspecified atom stereocenters. The van der Waals surface area contributed by atoms with E-state index in [0.717, 1.165) is 39.4 Å². The van der Waals surface area contributed by atoms with Crippen molar-refractivity contribution in [2.24, 2.45) is 7.05 Å². The Morgan fingerprint density at radius 2 is 1.97 bits per heavy atom. The number of thiazole rings is 1. The summed E-state index contributed by atoms with van der Waals surface area (Å²) in [5, 5.41) is 3.49. The maximum atomic E-state index is 13.0. The van der Waals surface area contributed by atoms with Gasteiger partial charge in [-0.05, 0) is 60.9 Å². The molecule has 0 atom stereocenters. The lowest BCUT2D eigenvalue weighted by atomic mass is 10.1. The number of nitrogens with zero attached hydrogens (tertiary/aromatic N) is 3. The number of fused-ring (bicyclic) bond motifs is 2. The summed E-state index contributed by atoms with van der Waals surface area (Å²) >= 11 is 1.45. The molecule has 4 aromatic rings. The summed E-state index contributed by atoms with van der Waals surface area (Å²) in [4.78, 5) is 33.3. The Balaban J connectivity index is 1.17. The van der Waals surface area contributed by atoms with Crippen molar-refractivity contribution in [3.63, 3.8) is 0 Å². The number of anilines is 2. The Hall–Kier alpha value is -4.11. The Morgan fingerprint density at radius 3 is 2.81 bits per heavy atom. The van der Waals surface area contributed by atoms with E-state index in [4.69, 9.17) is 14.5 Å². The van der Waals surface area contributed by atoms with Crippen molar-refractivity contribution in [3.05, 3.63) is 76.4 Å². The van der Waals surface area contributed by atoms with Gasteiger partial charge in [-0.2, -0.15) is 0 Å². The van der Waals surface area contributed by atoms with Gasteiger partial charge in [-0.3, -0.25) is 9.59 Å². The van der Waals surface area contributed by atoms with Crippen LogP contribution in [0.15, 0.2) is 54.7 Å². The van der Waals surface area contributed by atoms with Gasteiger partial charge in [-0.15, -0.1) is 11.3 Å². The molecule has 4 heterocycles. The predicted molar refractivity (Wildman–Crippen MR) is 138 cm³/mol. The topological polar surface area (TPSA) is 85.7 Å². The van der Waals surface area contributed by atoms with Crippen LogP contribution in [0.25, 0.3) is 11.3 Å². The third-order valence-corrected chi connectivity index (χ3v) is 7.39. The van der Waals surface area contributed by atoms with Gasteiger partial charge in [0.15, 0.2) is 16.6 Å². The molecule has 0 spiro atoms. The van der Waals surface area contributed by atoms with Crippen molar-refractivity contribution in [2.75, 3.05) is 23.6 Å². The molecule has 2 amide bonds. The number of hydrogen-bond donors (Lipinski definition) is 1. The molecule has 2 aromatic heterocycles. The largest absolute Gasteiger partial charge is 0.454 e. The number of benzene rings is 2. The number of ether oxygens (including phenoxy) is 2. The van der Waals surface area contributed by atoms with E-state index in [1.165, 1.54) is 11.3 Å². The van der Waals surface area contributed by atoms with Gasteiger partial charge in [-0.25, -0.2) is 4.98 Å². The molecule has 2 aromatic carbocycles.